The third kappa shape index (κ3) is 11.6. The Hall–Kier alpha value is -1.26. The molecule has 0 unspecified atom stereocenters. The SMILES string of the molecule is CCNC(=NCCCOCC1CCOCC1)NCCc1ccc(OCC)c(OCC)c1.I. The van der Waals surface area contributed by atoms with Crippen LogP contribution in [0.5, 0.6) is 11.5 Å². The van der Waals surface area contributed by atoms with Crippen molar-refractivity contribution >= 4 is 29.9 Å². The molecule has 1 saturated heterocycles. The van der Waals surface area contributed by atoms with E-state index < -0.39 is 0 Å². The monoisotopic (exact) mass is 563 g/mol. The summed E-state index contributed by atoms with van der Waals surface area (Å²) < 4.78 is 22.6. The van der Waals surface area contributed by atoms with E-state index in [1.807, 2.05) is 19.9 Å². The maximum absolute atomic E-state index is 5.82. The van der Waals surface area contributed by atoms with Gasteiger partial charge in [-0.3, -0.25) is 4.99 Å². The van der Waals surface area contributed by atoms with Gasteiger partial charge >= 0.3 is 0 Å². The van der Waals surface area contributed by atoms with Crippen LogP contribution in [0.2, 0.25) is 0 Å². The number of rotatable bonds is 14. The molecule has 0 radical (unpaired) electrons. The summed E-state index contributed by atoms with van der Waals surface area (Å²) in [6.07, 6.45) is 4.04. The fraction of sp³-hybridized carbons (Fsp3) is 0.708. The highest BCUT2D eigenvalue weighted by atomic mass is 127. The molecule has 1 aromatic carbocycles. The summed E-state index contributed by atoms with van der Waals surface area (Å²) in [4.78, 5) is 4.66. The van der Waals surface area contributed by atoms with Gasteiger partial charge in [-0.05, 0) is 70.1 Å². The van der Waals surface area contributed by atoms with Gasteiger partial charge in [0, 0.05) is 46.1 Å². The minimum Gasteiger partial charge on any atom is -0.490 e. The number of ether oxygens (including phenoxy) is 4. The fourth-order valence-electron chi connectivity index (χ4n) is 3.44. The summed E-state index contributed by atoms with van der Waals surface area (Å²) in [6.45, 7) is 13.0. The number of benzene rings is 1. The smallest absolute Gasteiger partial charge is 0.191 e. The van der Waals surface area contributed by atoms with Crippen molar-refractivity contribution in [1.29, 1.82) is 0 Å². The molecular weight excluding hydrogens is 521 g/mol. The normalized spacial score (nSPS) is 14.5. The van der Waals surface area contributed by atoms with E-state index in [0.717, 1.165) is 89.2 Å². The molecule has 1 heterocycles. The molecule has 7 nitrogen and oxygen atoms in total. The van der Waals surface area contributed by atoms with Crippen molar-refractivity contribution in [3.05, 3.63) is 23.8 Å². The molecule has 0 spiro atoms. The number of hydrogen-bond donors (Lipinski definition) is 2. The fourth-order valence-corrected chi connectivity index (χ4v) is 3.44. The van der Waals surface area contributed by atoms with Gasteiger partial charge < -0.3 is 29.6 Å². The zero-order valence-electron chi connectivity index (χ0n) is 20.0. The van der Waals surface area contributed by atoms with E-state index in [4.69, 9.17) is 18.9 Å². The molecule has 0 aliphatic carbocycles. The molecular formula is C24H42IN3O4. The molecule has 2 rings (SSSR count). The average Bonchev–Trinajstić information content (AvgIpc) is 2.78. The minimum atomic E-state index is 0. The molecule has 0 saturated carbocycles. The van der Waals surface area contributed by atoms with Crippen LogP contribution in [0.25, 0.3) is 0 Å². The summed E-state index contributed by atoms with van der Waals surface area (Å²) in [6, 6.07) is 6.15. The zero-order valence-corrected chi connectivity index (χ0v) is 22.3. The van der Waals surface area contributed by atoms with Crippen molar-refractivity contribution in [3.8, 4) is 11.5 Å². The van der Waals surface area contributed by atoms with Crippen LogP contribution < -0.4 is 20.1 Å². The predicted octanol–water partition coefficient (Wildman–Crippen LogP) is 4.03. The first-order valence-electron chi connectivity index (χ1n) is 11.8. The van der Waals surface area contributed by atoms with Crippen molar-refractivity contribution in [2.75, 3.05) is 59.3 Å². The molecule has 0 aromatic heterocycles. The Morgan fingerprint density at radius 2 is 1.81 bits per heavy atom. The lowest BCUT2D eigenvalue weighted by atomic mass is 10.0. The average molecular weight is 564 g/mol. The molecule has 0 bridgehead atoms. The molecule has 32 heavy (non-hydrogen) atoms. The van der Waals surface area contributed by atoms with E-state index in [2.05, 4.69) is 34.7 Å². The Balaban J connectivity index is 0.00000512. The Kier molecular flexibility index (Phi) is 16.4. The van der Waals surface area contributed by atoms with Crippen LogP contribution in [0.3, 0.4) is 0 Å². The second-order valence-corrected chi connectivity index (χ2v) is 7.57. The van der Waals surface area contributed by atoms with Gasteiger partial charge in [0.05, 0.1) is 13.2 Å². The molecule has 8 heteroatoms. The lowest BCUT2D eigenvalue weighted by molar-refractivity contribution is 0.0205. The van der Waals surface area contributed by atoms with Crippen LogP contribution in [0.15, 0.2) is 23.2 Å². The molecule has 0 amide bonds. The van der Waals surface area contributed by atoms with Crippen molar-refractivity contribution in [2.24, 2.45) is 10.9 Å². The number of aliphatic imine (C=N–C) groups is 1. The first-order valence-corrected chi connectivity index (χ1v) is 11.8. The van der Waals surface area contributed by atoms with Gasteiger partial charge in [-0.25, -0.2) is 0 Å². The standard InChI is InChI=1S/C24H41N3O4.HI/c1-4-25-24(26-13-7-15-29-19-21-11-16-28-17-12-21)27-14-10-20-8-9-22(30-5-2)23(18-20)31-6-3;/h8-9,18,21H,4-7,10-17,19H2,1-3H3,(H2,25,26,27);1H. The van der Waals surface area contributed by atoms with Gasteiger partial charge in [0.15, 0.2) is 17.5 Å². The van der Waals surface area contributed by atoms with Crippen molar-refractivity contribution < 1.29 is 18.9 Å². The van der Waals surface area contributed by atoms with E-state index in [-0.39, 0.29) is 24.0 Å². The van der Waals surface area contributed by atoms with Gasteiger partial charge in [-0.1, -0.05) is 6.07 Å². The van der Waals surface area contributed by atoms with Crippen LogP contribution in [0.4, 0.5) is 0 Å². The Morgan fingerprint density at radius 1 is 1.06 bits per heavy atom. The maximum atomic E-state index is 5.82. The second kappa shape index (κ2) is 18.2. The quantitative estimate of drug-likeness (QED) is 0.154. The molecule has 1 aromatic rings. The van der Waals surface area contributed by atoms with Crippen LogP contribution in [0, 0.1) is 5.92 Å². The third-order valence-electron chi connectivity index (χ3n) is 5.07. The Labute approximate surface area is 211 Å². The predicted molar refractivity (Wildman–Crippen MR) is 141 cm³/mol. The lowest BCUT2D eigenvalue weighted by Gasteiger charge is -2.21. The molecule has 2 N–H and O–H groups in total. The summed E-state index contributed by atoms with van der Waals surface area (Å²) in [5.41, 5.74) is 1.21. The van der Waals surface area contributed by atoms with E-state index in [0.29, 0.717) is 19.1 Å². The highest BCUT2D eigenvalue weighted by Gasteiger charge is 2.13. The van der Waals surface area contributed by atoms with E-state index >= 15 is 0 Å². The molecule has 184 valence electrons. The summed E-state index contributed by atoms with van der Waals surface area (Å²) in [7, 11) is 0. The number of nitrogens with one attached hydrogen (secondary N) is 2. The van der Waals surface area contributed by atoms with Gasteiger partial charge in [-0.2, -0.15) is 0 Å². The molecule has 1 fully saturated rings. The van der Waals surface area contributed by atoms with E-state index in [9.17, 15) is 0 Å². The first kappa shape index (κ1) is 28.8. The molecule has 1 aliphatic heterocycles. The summed E-state index contributed by atoms with van der Waals surface area (Å²) in [5, 5.41) is 6.72. The van der Waals surface area contributed by atoms with Gasteiger partial charge in [-0.15, -0.1) is 24.0 Å². The van der Waals surface area contributed by atoms with Crippen molar-refractivity contribution in [3.63, 3.8) is 0 Å². The second-order valence-electron chi connectivity index (χ2n) is 7.57. The highest BCUT2D eigenvalue weighted by Crippen LogP contribution is 2.28. The van der Waals surface area contributed by atoms with Crippen molar-refractivity contribution in [2.45, 2.75) is 46.5 Å². The van der Waals surface area contributed by atoms with E-state index in [1.165, 1.54) is 5.56 Å². The Bertz CT molecular complexity index is 640. The lowest BCUT2D eigenvalue weighted by Crippen LogP contribution is -2.38. The van der Waals surface area contributed by atoms with Gasteiger partial charge in [0.25, 0.3) is 0 Å². The number of nitrogens with zero attached hydrogens (tertiary/aromatic N) is 1. The zero-order chi connectivity index (χ0) is 22.2. The van der Waals surface area contributed by atoms with Crippen LogP contribution >= 0.6 is 24.0 Å². The Morgan fingerprint density at radius 3 is 2.53 bits per heavy atom. The molecule has 1 aliphatic rings. The van der Waals surface area contributed by atoms with E-state index in [1.54, 1.807) is 0 Å². The largest absolute Gasteiger partial charge is 0.490 e. The summed E-state index contributed by atoms with van der Waals surface area (Å²) in [5.74, 6) is 3.11. The molecule has 0 atom stereocenters. The van der Waals surface area contributed by atoms with Crippen molar-refractivity contribution in [1.82, 2.24) is 10.6 Å². The van der Waals surface area contributed by atoms with Gasteiger partial charge in [0.1, 0.15) is 0 Å². The van der Waals surface area contributed by atoms with Crippen LogP contribution in [-0.4, -0.2) is 65.2 Å². The maximum Gasteiger partial charge on any atom is 0.191 e. The topological polar surface area (TPSA) is 73.3 Å². The number of hydrogen-bond acceptors (Lipinski definition) is 5. The van der Waals surface area contributed by atoms with Gasteiger partial charge in [0.2, 0.25) is 0 Å². The summed E-state index contributed by atoms with van der Waals surface area (Å²) >= 11 is 0. The van der Waals surface area contributed by atoms with Crippen LogP contribution in [0.1, 0.15) is 45.6 Å². The highest BCUT2D eigenvalue weighted by molar-refractivity contribution is 14.0. The third-order valence-corrected chi connectivity index (χ3v) is 5.07. The minimum absolute atomic E-state index is 0. The number of halogens is 1. The number of guanidine groups is 1. The first-order chi connectivity index (χ1) is 15.3. The van der Waals surface area contributed by atoms with Crippen LogP contribution in [-0.2, 0) is 15.9 Å².